The molecule has 1 rings (SSSR count). The second-order valence-corrected chi connectivity index (χ2v) is 4.29. The molecule has 0 aliphatic rings. The van der Waals surface area contributed by atoms with E-state index in [1.165, 1.54) is 0 Å². The third-order valence-electron chi connectivity index (χ3n) is 1.64. The van der Waals surface area contributed by atoms with E-state index < -0.39 is 0 Å². The number of rotatable bonds is 2. The lowest BCUT2D eigenvalue weighted by atomic mass is 10.2. The molecule has 5 heteroatoms. The van der Waals surface area contributed by atoms with Crippen molar-refractivity contribution in [2.45, 2.75) is 6.92 Å². The monoisotopic (exact) mass is 295 g/mol. The SMILES string of the molecule is Cc1cc(Br)c(NC(=O)CCl)cc1Cl. The maximum Gasteiger partial charge on any atom is 0.239 e. The molecular formula is C9H8BrCl2NO. The minimum Gasteiger partial charge on any atom is -0.324 e. The van der Waals surface area contributed by atoms with Crippen molar-refractivity contribution >= 4 is 50.7 Å². The first-order chi connectivity index (χ1) is 6.54. The third-order valence-corrected chi connectivity index (χ3v) is 2.95. The summed E-state index contributed by atoms with van der Waals surface area (Å²) in [5.41, 5.74) is 1.58. The summed E-state index contributed by atoms with van der Waals surface area (Å²) >= 11 is 14.6. The van der Waals surface area contributed by atoms with Gasteiger partial charge in [-0.2, -0.15) is 0 Å². The molecule has 0 aliphatic carbocycles. The van der Waals surface area contributed by atoms with Crippen LogP contribution in [0.3, 0.4) is 0 Å². The number of halogens is 3. The summed E-state index contributed by atoms with van der Waals surface area (Å²) in [6.07, 6.45) is 0. The van der Waals surface area contributed by atoms with Crippen molar-refractivity contribution in [3.8, 4) is 0 Å². The quantitative estimate of drug-likeness (QED) is 0.830. The highest BCUT2D eigenvalue weighted by Crippen LogP contribution is 2.29. The standard InChI is InChI=1S/C9H8BrCl2NO/c1-5-2-6(10)8(3-7(5)12)13-9(14)4-11/h2-3H,4H2,1H3,(H,13,14). The molecule has 1 N–H and O–H groups in total. The Morgan fingerprint density at radius 2 is 2.21 bits per heavy atom. The van der Waals surface area contributed by atoms with Gasteiger partial charge in [0.2, 0.25) is 5.91 Å². The van der Waals surface area contributed by atoms with Gasteiger partial charge in [-0.1, -0.05) is 11.6 Å². The zero-order chi connectivity index (χ0) is 10.7. The number of anilines is 1. The lowest BCUT2D eigenvalue weighted by Gasteiger charge is -2.07. The summed E-state index contributed by atoms with van der Waals surface area (Å²) in [5.74, 6) is -0.329. The first-order valence-electron chi connectivity index (χ1n) is 3.86. The van der Waals surface area contributed by atoms with E-state index >= 15 is 0 Å². The van der Waals surface area contributed by atoms with E-state index in [2.05, 4.69) is 21.2 Å². The van der Waals surface area contributed by atoms with Gasteiger partial charge in [0.05, 0.1) is 5.69 Å². The Morgan fingerprint density at radius 1 is 1.57 bits per heavy atom. The zero-order valence-corrected chi connectivity index (χ0v) is 10.5. The first-order valence-corrected chi connectivity index (χ1v) is 5.56. The second kappa shape index (κ2) is 5.01. The van der Waals surface area contributed by atoms with Crippen molar-refractivity contribution in [2.75, 3.05) is 11.2 Å². The molecule has 0 aliphatic heterocycles. The molecule has 0 fully saturated rings. The average molecular weight is 297 g/mol. The fourth-order valence-electron chi connectivity index (χ4n) is 0.926. The number of carbonyl (C=O) groups is 1. The summed E-state index contributed by atoms with van der Waals surface area (Å²) in [7, 11) is 0. The van der Waals surface area contributed by atoms with Crippen molar-refractivity contribution in [1.29, 1.82) is 0 Å². The Kier molecular flexibility index (Phi) is 4.23. The van der Waals surface area contributed by atoms with E-state index in [1.807, 2.05) is 13.0 Å². The predicted octanol–water partition coefficient (Wildman–Crippen LogP) is 3.59. The van der Waals surface area contributed by atoms with E-state index in [0.29, 0.717) is 10.7 Å². The fraction of sp³-hybridized carbons (Fsp3) is 0.222. The van der Waals surface area contributed by atoms with Gasteiger partial charge in [0, 0.05) is 9.50 Å². The highest BCUT2D eigenvalue weighted by molar-refractivity contribution is 9.10. The van der Waals surface area contributed by atoms with Gasteiger partial charge in [0.1, 0.15) is 5.88 Å². The molecule has 0 atom stereocenters. The van der Waals surface area contributed by atoms with Gasteiger partial charge in [0.25, 0.3) is 0 Å². The van der Waals surface area contributed by atoms with Gasteiger partial charge in [-0.3, -0.25) is 4.79 Å². The second-order valence-electron chi connectivity index (χ2n) is 2.76. The van der Waals surface area contributed by atoms with Crippen molar-refractivity contribution < 1.29 is 4.79 Å². The molecule has 0 radical (unpaired) electrons. The predicted molar refractivity (Wildman–Crippen MR) is 63.2 cm³/mol. The van der Waals surface area contributed by atoms with E-state index in [0.717, 1.165) is 10.0 Å². The maximum absolute atomic E-state index is 11.0. The van der Waals surface area contributed by atoms with Crippen LogP contribution in [-0.4, -0.2) is 11.8 Å². The average Bonchev–Trinajstić information content (AvgIpc) is 2.14. The fourth-order valence-corrected chi connectivity index (χ4v) is 1.71. The summed E-state index contributed by atoms with van der Waals surface area (Å²) in [6, 6.07) is 3.53. The topological polar surface area (TPSA) is 29.1 Å². The molecule has 0 heterocycles. The first kappa shape index (κ1) is 11.8. The summed E-state index contributed by atoms with van der Waals surface area (Å²) in [5, 5.41) is 3.24. The Morgan fingerprint density at radius 3 is 2.79 bits per heavy atom. The number of alkyl halides is 1. The number of hydrogen-bond donors (Lipinski definition) is 1. The number of hydrogen-bond acceptors (Lipinski definition) is 1. The number of nitrogens with one attached hydrogen (secondary N) is 1. The van der Waals surface area contributed by atoms with Gasteiger partial charge in [-0.05, 0) is 40.5 Å². The number of amides is 1. The van der Waals surface area contributed by atoms with Crippen molar-refractivity contribution in [1.82, 2.24) is 0 Å². The lowest BCUT2D eigenvalue weighted by Crippen LogP contribution is -2.12. The Hall–Kier alpha value is -0.250. The van der Waals surface area contributed by atoms with E-state index in [1.54, 1.807) is 6.07 Å². The van der Waals surface area contributed by atoms with Gasteiger partial charge >= 0.3 is 0 Å². The molecule has 1 amide bonds. The van der Waals surface area contributed by atoms with E-state index in [4.69, 9.17) is 23.2 Å². The van der Waals surface area contributed by atoms with Crippen LogP contribution in [0.2, 0.25) is 5.02 Å². The van der Waals surface area contributed by atoms with Crippen LogP contribution < -0.4 is 5.32 Å². The largest absolute Gasteiger partial charge is 0.324 e. The van der Waals surface area contributed by atoms with Crippen molar-refractivity contribution in [3.05, 3.63) is 27.2 Å². The molecule has 0 bridgehead atoms. The molecule has 0 saturated carbocycles. The molecule has 2 nitrogen and oxygen atoms in total. The summed E-state index contributed by atoms with van der Waals surface area (Å²) in [6.45, 7) is 1.89. The Balaban J connectivity index is 2.98. The molecule has 1 aromatic carbocycles. The van der Waals surface area contributed by atoms with E-state index in [-0.39, 0.29) is 11.8 Å². The minimum atomic E-state index is -0.257. The summed E-state index contributed by atoms with van der Waals surface area (Å²) < 4.78 is 0.790. The molecular weight excluding hydrogens is 289 g/mol. The van der Waals surface area contributed by atoms with E-state index in [9.17, 15) is 4.79 Å². The van der Waals surface area contributed by atoms with Gasteiger partial charge in [0.15, 0.2) is 0 Å². The van der Waals surface area contributed by atoms with Gasteiger partial charge in [-0.15, -0.1) is 11.6 Å². The minimum absolute atomic E-state index is 0.0715. The van der Waals surface area contributed by atoms with Crippen LogP contribution in [0.25, 0.3) is 0 Å². The van der Waals surface area contributed by atoms with Crippen LogP contribution in [0.15, 0.2) is 16.6 Å². The highest BCUT2D eigenvalue weighted by Gasteiger charge is 2.06. The smallest absolute Gasteiger partial charge is 0.239 e. The Labute approximate surface area is 101 Å². The van der Waals surface area contributed by atoms with Gasteiger partial charge in [-0.25, -0.2) is 0 Å². The van der Waals surface area contributed by atoms with Crippen LogP contribution in [0.1, 0.15) is 5.56 Å². The van der Waals surface area contributed by atoms with Crippen LogP contribution in [0.5, 0.6) is 0 Å². The number of carbonyl (C=O) groups excluding carboxylic acids is 1. The molecule has 0 saturated heterocycles. The lowest BCUT2D eigenvalue weighted by molar-refractivity contribution is -0.113. The van der Waals surface area contributed by atoms with Crippen molar-refractivity contribution in [2.24, 2.45) is 0 Å². The normalized spacial score (nSPS) is 10.0. The number of benzene rings is 1. The maximum atomic E-state index is 11.0. The molecule has 0 unspecified atom stereocenters. The van der Waals surface area contributed by atoms with Crippen LogP contribution in [0, 0.1) is 6.92 Å². The van der Waals surface area contributed by atoms with Crippen LogP contribution in [-0.2, 0) is 4.79 Å². The zero-order valence-electron chi connectivity index (χ0n) is 7.40. The molecule has 0 aromatic heterocycles. The van der Waals surface area contributed by atoms with Crippen LogP contribution >= 0.6 is 39.1 Å². The number of aryl methyl sites for hydroxylation is 1. The molecule has 14 heavy (non-hydrogen) atoms. The molecule has 0 spiro atoms. The molecule has 1 aromatic rings. The third kappa shape index (κ3) is 2.87. The van der Waals surface area contributed by atoms with Crippen molar-refractivity contribution in [3.63, 3.8) is 0 Å². The highest BCUT2D eigenvalue weighted by atomic mass is 79.9. The van der Waals surface area contributed by atoms with Crippen LogP contribution in [0.4, 0.5) is 5.69 Å². The molecule has 76 valence electrons. The van der Waals surface area contributed by atoms with Gasteiger partial charge < -0.3 is 5.32 Å². The Bertz CT molecular complexity index is 368. The summed E-state index contributed by atoms with van der Waals surface area (Å²) in [4.78, 5) is 11.0.